The van der Waals surface area contributed by atoms with Crippen LogP contribution in [0.25, 0.3) is 0 Å². The molecule has 1 atom stereocenters. The summed E-state index contributed by atoms with van der Waals surface area (Å²) in [6, 6.07) is 8.13. The van der Waals surface area contributed by atoms with Crippen molar-refractivity contribution in [2.75, 3.05) is 13.1 Å². The number of hydrogen-bond acceptors (Lipinski definition) is 3. The molecule has 1 fully saturated rings. The predicted octanol–water partition coefficient (Wildman–Crippen LogP) is 2.61. The van der Waals surface area contributed by atoms with Gasteiger partial charge in [0.25, 0.3) is 0 Å². The fraction of sp³-hybridized carbons (Fsp3) is 0.316. The molecule has 1 amide bonds. The van der Waals surface area contributed by atoms with Crippen molar-refractivity contribution in [3.63, 3.8) is 0 Å². The molecule has 138 valence electrons. The number of carbonyl (C=O) groups is 1. The van der Waals surface area contributed by atoms with E-state index in [-0.39, 0.29) is 23.5 Å². The number of sulfonamides is 1. The Bertz CT molecular complexity index is 949. The Balaban J connectivity index is 2.16. The second kappa shape index (κ2) is 6.81. The molecule has 2 aromatic rings. The molecule has 1 saturated heterocycles. The minimum atomic E-state index is -3.98. The van der Waals surface area contributed by atoms with Crippen LogP contribution in [-0.4, -0.2) is 31.7 Å². The Morgan fingerprint density at radius 1 is 1.12 bits per heavy atom. The molecule has 0 aliphatic carbocycles. The third-order valence-electron chi connectivity index (χ3n) is 4.54. The molecule has 26 heavy (non-hydrogen) atoms. The maximum Gasteiger partial charge on any atom is 0.244 e. The van der Waals surface area contributed by atoms with Gasteiger partial charge in [0.15, 0.2) is 0 Å². The highest BCUT2D eigenvalue weighted by Crippen LogP contribution is 2.33. The van der Waals surface area contributed by atoms with Crippen molar-refractivity contribution >= 4 is 15.9 Å². The zero-order chi connectivity index (χ0) is 19.1. The van der Waals surface area contributed by atoms with Crippen LogP contribution in [0.1, 0.15) is 28.3 Å². The second-order valence-electron chi connectivity index (χ2n) is 6.56. The van der Waals surface area contributed by atoms with E-state index in [0.29, 0.717) is 11.1 Å². The molecule has 0 saturated carbocycles. The number of carbonyl (C=O) groups excluding carboxylic acids is 1. The van der Waals surface area contributed by atoms with Crippen LogP contribution in [-0.2, 0) is 14.8 Å². The van der Waals surface area contributed by atoms with E-state index >= 15 is 0 Å². The average Bonchev–Trinajstić information content (AvgIpc) is 2.54. The number of rotatable bonds is 3. The molecule has 0 spiro atoms. The van der Waals surface area contributed by atoms with E-state index in [1.165, 1.54) is 18.2 Å². The fourth-order valence-corrected chi connectivity index (χ4v) is 5.57. The van der Waals surface area contributed by atoms with E-state index < -0.39 is 27.8 Å². The summed E-state index contributed by atoms with van der Waals surface area (Å²) in [6.45, 7) is 5.63. The number of halogens is 1. The minimum Gasteiger partial charge on any atom is -0.353 e. The van der Waals surface area contributed by atoms with Gasteiger partial charge in [-0.05, 0) is 38.0 Å². The fourth-order valence-electron chi connectivity index (χ4n) is 3.59. The van der Waals surface area contributed by atoms with Crippen molar-refractivity contribution in [2.24, 2.45) is 0 Å². The normalized spacial score (nSPS) is 18.6. The Morgan fingerprint density at radius 3 is 2.35 bits per heavy atom. The molecular formula is C19H21FN2O3S. The van der Waals surface area contributed by atoms with Gasteiger partial charge in [0.1, 0.15) is 11.9 Å². The molecule has 3 rings (SSSR count). The summed E-state index contributed by atoms with van der Waals surface area (Å²) >= 11 is 0. The smallest absolute Gasteiger partial charge is 0.244 e. The highest BCUT2D eigenvalue weighted by molar-refractivity contribution is 7.89. The standard InChI is InChI=1S/C19H21FN2O3S/c1-12-10-13(2)18(14(3)11-12)26(24,25)22-9-8-21-19(23)17(22)15-6-4-5-7-16(15)20/h4-7,10-11,17H,8-9H2,1-3H3,(H,21,23). The van der Waals surface area contributed by atoms with Gasteiger partial charge in [0.05, 0.1) is 4.90 Å². The third kappa shape index (κ3) is 3.12. The molecule has 1 aliphatic heterocycles. The molecule has 7 heteroatoms. The number of nitrogens with zero attached hydrogens (tertiary/aromatic N) is 1. The van der Waals surface area contributed by atoms with Crippen LogP contribution in [0.15, 0.2) is 41.3 Å². The van der Waals surface area contributed by atoms with Crippen molar-refractivity contribution < 1.29 is 17.6 Å². The lowest BCUT2D eigenvalue weighted by Gasteiger charge is -2.35. The lowest BCUT2D eigenvalue weighted by molar-refractivity contribution is -0.127. The van der Waals surface area contributed by atoms with Crippen LogP contribution in [0.4, 0.5) is 4.39 Å². The zero-order valence-corrected chi connectivity index (χ0v) is 15.7. The molecular weight excluding hydrogens is 355 g/mol. The molecule has 0 radical (unpaired) electrons. The molecule has 1 unspecified atom stereocenters. The molecule has 0 aromatic heterocycles. The summed E-state index contributed by atoms with van der Waals surface area (Å²) in [5, 5.41) is 2.64. The lowest BCUT2D eigenvalue weighted by Crippen LogP contribution is -2.52. The van der Waals surface area contributed by atoms with Gasteiger partial charge in [-0.1, -0.05) is 35.9 Å². The molecule has 1 heterocycles. The van der Waals surface area contributed by atoms with E-state index in [2.05, 4.69) is 5.32 Å². The van der Waals surface area contributed by atoms with Crippen molar-refractivity contribution in [3.8, 4) is 0 Å². The monoisotopic (exact) mass is 376 g/mol. The van der Waals surface area contributed by atoms with E-state index in [1.807, 2.05) is 6.92 Å². The van der Waals surface area contributed by atoms with Gasteiger partial charge in [-0.15, -0.1) is 0 Å². The Morgan fingerprint density at radius 2 is 1.73 bits per heavy atom. The highest BCUT2D eigenvalue weighted by atomic mass is 32.2. The molecule has 0 bridgehead atoms. The maximum atomic E-state index is 14.3. The molecule has 5 nitrogen and oxygen atoms in total. The van der Waals surface area contributed by atoms with Gasteiger partial charge in [-0.3, -0.25) is 4.79 Å². The SMILES string of the molecule is Cc1cc(C)c(S(=O)(=O)N2CCNC(=O)C2c2ccccc2F)c(C)c1. The minimum absolute atomic E-state index is 0.0516. The first-order valence-electron chi connectivity index (χ1n) is 8.35. The first kappa shape index (κ1) is 18.5. The van der Waals surface area contributed by atoms with Gasteiger partial charge < -0.3 is 5.32 Å². The van der Waals surface area contributed by atoms with Crippen LogP contribution < -0.4 is 5.32 Å². The Labute approximate surface area is 152 Å². The van der Waals surface area contributed by atoms with Gasteiger partial charge in [0, 0.05) is 18.7 Å². The van der Waals surface area contributed by atoms with Crippen LogP contribution >= 0.6 is 0 Å². The van der Waals surface area contributed by atoms with E-state index in [0.717, 1.165) is 9.87 Å². The Hall–Kier alpha value is -2.25. The molecule has 1 N–H and O–H groups in total. The Kier molecular flexibility index (Phi) is 4.86. The topological polar surface area (TPSA) is 66.5 Å². The predicted molar refractivity (Wildman–Crippen MR) is 96.7 cm³/mol. The van der Waals surface area contributed by atoms with Crippen LogP contribution in [0, 0.1) is 26.6 Å². The van der Waals surface area contributed by atoms with Crippen molar-refractivity contribution in [1.29, 1.82) is 0 Å². The van der Waals surface area contributed by atoms with Crippen LogP contribution in [0.5, 0.6) is 0 Å². The third-order valence-corrected chi connectivity index (χ3v) is 6.71. The number of nitrogens with one attached hydrogen (secondary N) is 1. The summed E-state index contributed by atoms with van der Waals surface area (Å²) in [5.74, 6) is -1.13. The summed E-state index contributed by atoms with van der Waals surface area (Å²) in [5.41, 5.74) is 2.23. The zero-order valence-electron chi connectivity index (χ0n) is 14.9. The molecule has 1 aliphatic rings. The average molecular weight is 376 g/mol. The summed E-state index contributed by atoms with van der Waals surface area (Å²) in [7, 11) is -3.98. The number of aryl methyl sites for hydroxylation is 3. The van der Waals surface area contributed by atoms with Crippen molar-refractivity contribution in [3.05, 3.63) is 64.5 Å². The van der Waals surface area contributed by atoms with Gasteiger partial charge >= 0.3 is 0 Å². The first-order chi connectivity index (χ1) is 12.2. The van der Waals surface area contributed by atoms with Crippen molar-refractivity contribution in [1.82, 2.24) is 9.62 Å². The summed E-state index contributed by atoms with van der Waals surface area (Å²) < 4.78 is 42.2. The molecule has 2 aromatic carbocycles. The van der Waals surface area contributed by atoms with E-state index in [1.54, 1.807) is 32.0 Å². The van der Waals surface area contributed by atoms with Gasteiger partial charge in [-0.2, -0.15) is 4.31 Å². The lowest BCUT2D eigenvalue weighted by atomic mass is 10.0. The summed E-state index contributed by atoms with van der Waals surface area (Å²) in [6.07, 6.45) is 0. The summed E-state index contributed by atoms with van der Waals surface area (Å²) in [4.78, 5) is 12.7. The van der Waals surface area contributed by atoms with Gasteiger partial charge in [0.2, 0.25) is 15.9 Å². The van der Waals surface area contributed by atoms with Gasteiger partial charge in [-0.25, -0.2) is 12.8 Å². The van der Waals surface area contributed by atoms with E-state index in [9.17, 15) is 17.6 Å². The number of hydrogen-bond donors (Lipinski definition) is 1. The number of amides is 1. The van der Waals surface area contributed by atoms with Crippen LogP contribution in [0.2, 0.25) is 0 Å². The second-order valence-corrected chi connectivity index (χ2v) is 8.39. The number of benzene rings is 2. The largest absolute Gasteiger partial charge is 0.353 e. The number of piperazine rings is 1. The highest BCUT2D eigenvalue weighted by Gasteiger charge is 2.41. The quantitative estimate of drug-likeness (QED) is 0.895. The van der Waals surface area contributed by atoms with Crippen LogP contribution in [0.3, 0.4) is 0 Å². The van der Waals surface area contributed by atoms with Crippen molar-refractivity contribution in [2.45, 2.75) is 31.7 Å². The first-order valence-corrected chi connectivity index (χ1v) is 9.79. The maximum absolute atomic E-state index is 14.3. The van der Waals surface area contributed by atoms with E-state index in [4.69, 9.17) is 0 Å².